The molecule has 2 rings (SSSR count). The van der Waals surface area contributed by atoms with Crippen molar-refractivity contribution in [1.29, 1.82) is 0 Å². The van der Waals surface area contributed by atoms with Crippen molar-refractivity contribution in [1.82, 2.24) is 5.32 Å². The molecule has 4 heteroatoms. The quantitative estimate of drug-likeness (QED) is 0.790. The summed E-state index contributed by atoms with van der Waals surface area (Å²) in [7, 11) is 0. The minimum absolute atomic E-state index is 0.0244. The fourth-order valence-corrected chi connectivity index (χ4v) is 2.30. The number of alkyl halides is 1. The Bertz CT molecular complexity index is 319. The lowest BCUT2D eigenvalue weighted by Crippen LogP contribution is -2.30. The third-order valence-electron chi connectivity index (χ3n) is 2.61. The largest absolute Gasteiger partial charge is 0.351 e. The van der Waals surface area contributed by atoms with E-state index in [1.165, 1.54) is 11.3 Å². The third kappa shape index (κ3) is 2.10. The molecule has 0 spiro atoms. The lowest BCUT2D eigenvalue weighted by molar-refractivity contribution is 0.0950. The number of nitrogens with one attached hydrogen (secondary N) is 1. The van der Waals surface area contributed by atoms with Crippen molar-refractivity contribution in [2.24, 2.45) is 5.41 Å². The number of rotatable bonds is 4. The number of hydrogen-bond acceptors (Lipinski definition) is 2. The number of carbonyl (C=O) groups is 1. The van der Waals surface area contributed by atoms with E-state index < -0.39 is 0 Å². The number of carbonyl (C=O) groups excluding carboxylic acids is 1. The molecule has 0 atom stereocenters. The first kappa shape index (κ1) is 9.99. The van der Waals surface area contributed by atoms with Gasteiger partial charge < -0.3 is 5.32 Å². The van der Waals surface area contributed by atoms with Gasteiger partial charge in [0.05, 0.1) is 4.88 Å². The Morgan fingerprint density at radius 1 is 1.64 bits per heavy atom. The molecule has 1 fully saturated rings. The Balaban J connectivity index is 1.84. The predicted molar refractivity (Wildman–Crippen MR) is 59.0 cm³/mol. The highest BCUT2D eigenvalue weighted by Crippen LogP contribution is 2.45. The van der Waals surface area contributed by atoms with Crippen molar-refractivity contribution >= 4 is 28.8 Å². The molecule has 2 nitrogen and oxygen atoms in total. The molecule has 1 aliphatic rings. The molecule has 1 aliphatic carbocycles. The van der Waals surface area contributed by atoms with Gasteiger partial charge in [-0.25, -0.2) is 0 Å². The second-order valence-corrected chi connectivity index (χ2v) is 5.01. The predicted octanol–water partition coefficient (Wildman–Crippen LogP) is 2.50. The molecule has 1 aromatic heterocycles. The van der Waals surface area contributed by atoms with Crippen LogP contribution in [0.3, 0.4) is 0 Å². The van der Waals surface area contributed by atoms with Gasteiger partial charge in [-0.2, -0.15) is 0 Å². The Kier molecular flexibility index (Phi) is 2.79. The van der Waals surface area contributed by atoms with Crippen LogP contribution < -0.4 is 5.32 Å². The molecular formula is C10H12ClNOS. The first-order valence-corrected chi connectivity index (χ1v) is 6.05. The van der Waals surface area contributed by atoms with Crippen molar-refractivity contribution in [2.75, 3.05) is 12.4 Å². The highest BCUT2D eigenvalue weighted by atomic mass is 35.5. The van der Waals surface area contributed by atoms with E-state index in [0.717, 1.165) is 17.7 Å². The summed E-state index contributed by atoms with van der Waals surface area (Å²) in [6.07, 6.45) is 2.28. The van der Waals surface area contributed by atoms with Gasteiger partial charge >= 0.3 is 0 Å². The summed E-state index contributed by atoms with van der Waals surface area (Å²) in [5, 5.41) is 4.83. The zero-order valence-corrected chi connectivity index (χ0v) is 9.33. The Labute approximate surface area is 92.3 Å². The van der Waals surface area contributed by atoms with Crippen LogP contribution in [0.15, 0.2) is 17.5 Å². The fraction of sp³-hybridized carbons (Fsp3) is 0.500. The van der Waals surface area contributed by atoms with Crippen molar-refractivity contribution in [3.63, 3.8) is 0 Å². The van der Waals surface area contributed by atoms with E-state index in [1.807, 2.05) is 17.5 Å². The lowest BCUT2D eigenvalue weighted by Gasteiger charge is -2.11. The lowest BCUT2D eigenvalue weighted by atomic mass is 10.1. The number of hydrogen-bond donors (Lipinski definition) is 1. The number of halogens is 1. The van der Waals surface area contributed by atoms with Gasteiger partial charge in [-0.05, 0) is 24.3 Å². The first-order chi connectivity index (χ1) is 6.76. The highest BCUT2D eigenvalue weighted by Gasteiger charge is 2.41. The van der Waals surface area contributed by atoms with Gasteiger partial charge in [0.1, 0.15) is 0 Å². The maximum absolute atomic E-state index is 11.6. The van der Waals surface area contributed by atoms with Gasteiger partial charge in [-0.1, -0.05) is 6.07 Å². The van der Waals surface area contributed by atoms with Crippen LogP contribution in [0.2, 0.25) is 0 Å². The second-order valence-electron chi connectivity index (χ2n) is 3.79. The summed E-state index contributed by atoms with van der Waals surface area (Å²) in [5.74, 6) is 0.675. The molecule has 0 saturated heterocycles. The number of thiophene rings is 1. The van der Waals surface area contributed by atoms with Gasteiger partial charge in [0.25, 0.3) is 5.91 Å². The SMILES string of the molecule is O=C(NCC1(CCl)CC1)c1cccs1. The molecule has 1 saturated carbocycles. The van der Waals surface area contributed by atoms with Crippen molar-refractivity contribution in [3.05, 3.63) is 22.4 Å². The maximum Gasteiger partial charge on any atom is 0.261 e. The van der Waals surface area contributed by atoms with E-state index in [4.69, 9.17) is 11.6 Å². The Morgan fingerprint density at radius 3 is 2.93 bits per heavy atom. The minimum Gasteiger partial charge on any atom is -0.351 e. The van der Waals surface area contributed by atoms with E-state index in [0.29, 0.717) is 12.4 Å². The van der Waals surface area contributed by atoms with Gasteiger partial charge in [-0.15, -0.1) is 22.9 Å². The smallest absolute Gasteiger partial charge is 0.261 e. The van der Waals surface area contributed by atoms with Crippen molar-refractivity contribution in [3.8, 4) is 0 Å². The van der Waals surface area contributed by atoms with E-state index in [9.17, 15) is 4.79 Å². The molecule has 76 valence electrons. The summed E-state index contributed by atoms with van der Waals surface area (Å²) >= 11 is 7.28. The van der Waals surface area contributed by atoms with Crippen molar-refractivity contribution < 1.29 is 4.79 Å². The molecule has 0 unspecified atom stereocenters. The summed E-state index contributed by atoms with van der Waals surface area (Å²) in [6.45, 7) is 0.716. The van der Waals surface area contributed by atoms with E-state index in [2.05, 4.69) is 5.32 Å². The second kappa shape index (κ2) is 3.91. The first-order valence-electron chi connectivity index (χ1n) is 4.63. The summed E-state index contributed by atoms with van der Waals surface area (Å²) in [5.41, 5.74) is 0.203. The summed E-state index contributed by atoms with van der Waals surface area (Å²) in [4.78, 5) is 12.3. The normalized spacial score (nSPS) is 17.8. The molecule has 0 radical (unpaired) electrons. The third-order valence-corrected chi connectivity index (χ3v) is 4.05. The molecule has 14 heavy (non-hydrogen) atoms. The molecule has 1 heterocycles. The highest BCUT2D eigenvalue weighted by molar-refractivity contribution is 7.12. The van der Waals surface area contributed by atoms with Crippen LogP contribution in [-0.4, -0.2) is 18.3 Å². The topological polar surface area (TPSA) is 29.1 Å². The van der Waals surface area contributed by atoms with Crippen LogP contribution in [0.25, 0.3) is 0 Å². The zero-order chi connectivity index (χ0) is 10.0. The van der Waals surface area contributed by atoms with Crippen LogP contribution in [0.1, 0.15) is 22.5 Å². The summed E-state index contributed by atoms with van der Waals surface area (Å²) in [6, 6.07) is 3.72. The average Bonchev–Trinajstić information content (AvgIpc) is 2.78. The Hall–Kier alpha value is -0.540. The summed E-state index contributed by atoms with van der Waals surface area (Å²) < 4.78 is 0. The van der Waals surface area contributed by atoms with Gasteiger partial charge in [0.15, 0.2) is 0 Å². The molecule has 1 amide bonds. The van der Waals surface area contributed by atoms with Gasteiger partial charge in [0.2, 0.25) is 0 Å². The fourth-order valence-electron chi connectivity index (χ4n) is 1.30. The van der Waals surface area contributed by atoms with Gasteiger partial charge in [-0.3, -0.25) is 4.79 Å². The minimum atomic E-state index is 0.0244. The van der Waals surface area contributed by atoms with E-state index in [1.54, 1.807) is 0 Å². The van der Waals surface area contributed by atoms with Crippen LogP contribution >= 0.6 is 22.9 Å². The molecule has 0 bridgehead atoms. The average molecular weight is 230 g/mol. The molecule has 1 aromatic rings. The Morgan fingerprint density at radius 2 is 2.43 bits per heavy atom. The molecule has 0 aromatic carbocycles. The molecular weight excluding hydrogens is 218 g/mol. The monoisotopic (exact) mass is 229 g/mol. The van der Waals surface area contributed by atoms with Crippen LogP contribution in [0.4, 0.5) is 0 Å². The van der Waals surface area contributed by atoms with Crippen molar-refractivity contribution in [2.45, 2.75) is 12.8 Å². The van der Waals surface area contributed by atoms with E-state index >= 15 is 0 Å². The molecule has 0 aliphatic heterocycles. The van der Waals surface area contributed by atoms with Gasteiger partial charge in [0, 0.05) is 17.8 Å². The van der Waals surface area contributed by atoms with Crippen LogP contribution in [-0.2, 0) is 0 Å². The maximum atomic E-state index is 11.6. The van der Waals surface area contributed by atoms with Crippen LogP contribution in [0.5, 0.6) is 0 Å². The standard InChI is InChI=1S/C10H12ClNOS/c11-6-10(3-4-10)7-12-9(13)8-2-1-5-14-8/h1-2,5H,3-4,6-7H2,(H,12,13). The van der Waals surface area contributed by atoms with E-state index in [-0.39, 0.29) is 11.3 Å². The molecule has 1 N–H and O–H groups in total. The van der Waals surface area contributed by atoms with Crippen LogP contribution in [0, 0.1) is 5.41 Å². The number of amides is 1. The zero-order valence-electron chi connectivity index (χ0n) is 7.75.